The summed E-state index contributed by atoms with van der Waals surface area (Å²) in [5, 5.41) is 11.7. The van der Waals surface area contributed by atoms with E-state index >= 15 is 0 Å². The highest BCUT2D eigenvalue weighted by Gasteiger charge is 2.12. The Morgan fingerprint density at radius 1 is 1.19 bits per heavy atom. The quantitative estimate of drug-likeness (QED) is 0.644. The number of aromatic nitrogens is 2. The van der Waals surface area contributed by atoms with Gasteiger partial charge in [0.2, 0.25) is 5.91 Å². The molecule has 0 atom stereocenters. The molecule has 0 radical (unpaired) electrons. The topological polar surface area (TPSA) is 67.2 Å². The molecule has 2 aromatic carbocycles. The first kappa shape index (κ1) is 19.1. The van der Waals surface area contributed by atoms with Crippen LogP contribution in [0, 0.1) is 13.8 Å². The van der Waals surface area contributed by atoms with Crippen molar-refractivity contribution in [2.75, 3.05) is 13.2 Å². The summed E-state index contributed by atoms with van der Waals surface area (Å²) >= 11 is 0. The summed E-state index contributed by atoms with van der Waals surface area (Å²) in [6.45, 7) is 5.59. The Hall–Kier alpha value is -2.66. The molecule has 0 aliphatic heterocycles. The summed E-state index contributed by atoms with van der Waals surface area (Å²) in [4.78, 5) is 16.6. The lowest BCUT2D eigenvalue weighted by atomic mass is 10.1. The lowest BCUT2D eigenvalue weighted by Crippen LogP contribution is -2.26. The minimum Gasteiger partial charge on any atom is -0.396 e. The van der Waals surface area contributed by atoms with Gasteiger partial charge in [-0.15, -0.1) is 0 Å². The number of aryl methyl sites for hydroxylation is 2. The van der Waals surface area contributed by atoms with Crippen LogP contribution in [-0.2, 0) is 17.8 Å². The molecule has 0 saturated heterocycles. The van der Waals surface area contributed by atoms with Crippen LogP contribution in [0.2, 0.25) is 0 Å². The van der Waals surface area contributed by atoms with Gasteiger partial charge in [-0.3, -0.25) is 4.79 Å². The van der Waals surface area contributed by atoms with Gasteiger partial charge in [0.15, 0.2) is 0 Å². The van der Waals surface area contributed by atoms with Crippen LogP contribution in [0.15, 0.2) is 42.5 Å². The van der Waals surface area contributed by atoms with Crippen molar-refractivity contribution < 1.29 is 9.90 Å². The fourth-order valence-corrected chi connectivity index (χ4v) is 3.28. The first-order chi connectivity index (χ1) is 13.1. The Morgan fingerprint density at radius 2 is 2.00 bits per heavy atom. The van der Waals surface area contributed by atoms with Crippen LogP contribution in [0.1, 0.15) is 35.4 Å². The number of aliphatic hydroxyl groups excluding tert-OH is 1. The number of aliphatic hydroxyl groups is 1. The third kappa shape index (κ3) is 4.74. The van der Waals surface area contributed by atoms with E-state index in [-0.39, 0.29) is 12.5 Å². The molecule has 2 N–H and O–H groups in total. The third-order valence-electron chi connectivity index (χ3n) is 4.80. The Morgan fingerprint density at radius 3 is 2.81 bits per heavy atom. The maximum Gasteiger partial charge on any atom is 0.220 e. The number of carbonyl (C=O) groups excluding carboxylic acids is 1. The normalized spacial score (nSPS) is 11.1. The minimum absolute atomic E-state index is 0.0266. The number of amides is 1. The number of fused-ring (bicyclic) bond motifs is 1. The molecule has 0 bridgehead atoms. The van der Waals surface area contributed by atoms with Gasteiger partial charge in [-0.2, -0.15) is 0 Å². The highest BCUT2D eigenvalue weighted by Crippen LogP contribution is 2.20. The fourth-order valence-electron chi connectivity index (χ4n) is 3.28. The van der Waals surface area contributed by atoms with E-state index < -0.39 is 0 Å². The Labute approximate surface area is 160 Å². The zero-order valence-electron chi connectivity index (χ0n) is 16.0. The van der Waals surface area contributed by atoms with Crippen LogP contribution < -0.4 is 5.32 Å². The van der Waals surface area contributed by atoms with E-state index in [0.29, 0.717) is 25.8 Å². The summed E-state index contributed by atoms with van der Waals surface area (Å²) in [6.07, 6.45) is 1.52. The van der Waals surface area contributed by atoms with E-state index in [1.54, 1.807) is 0 Å². The summed E-state index contributed by atoms with van der Waals surface area (Å²) in [5.74, 6) is 0.945. The van der Waals surface area contributed by atoms with Gasteiger partial charge in [0.1, 0.15) is 5.82 Å². The molecule has 5 nitrogen and oxygen atoms in total. The average molecular weight is 365 g/mol. The molecule has 0 aliphatic rings. The second kappa shape index (κ2) is 8.82. The van der Waals surface area contributed by atoms with E-state index in [1.807, 2.05) is 18.2 Å². The number of nitrogens with zero attached hydrogens (tertiary/aromatic N) is 2. The lowest BCUT2D eigenvalue weighted by molar-refractivity contribution is -0.121. The summed E-state index contributed by atoms with van der Waals surface area (Å²) < 4.78 is 2.25. The molecule has 1 aromatic heterocycles. The second-order valence-corrected chi connectivity index (χ2v) is 6.96. The second-order valence-electron chi connectivity index (χ2n) is 6.96. The number of hydrogen-bond donors (Lipinski definition) is 2. The Bertz CT molecular complexity index is 930. The molecule has 0 aliphatic carbocycles. The van der Waals surface area contributed by atoms with Crippen LogP contribution in [0.5, 0.6) is 0 Å². The molecule has 1 amide bonds. The van der Waals surface area contributed by atoms with Crippen LogP contribution in [0.4, 0.5) is 0 Å². The number of benzene rings is 2. The molecule has 27 heavy (non-hydrogen) atoms. The van der Waals surface area contributed by atoms with Crippen molar-refractivity contribution in [3.05, 3.63) is 65.0 Å². The number of para-hydroxylation sites is 2. The van der Waals surface area contributed by atoms with Crippen LogP contribution in [0.3, 0.4) is 0 Å². The van der Waals surface area contributed by atoms with Gasteiger partial charge < -0.3 is 15.0 Å². The molecular weight excluding hydrogens is 338 g/mol. The van der Waals surface area contributed by atoms with E-state index in [9.17, 15) is 4.79 Å². The molecule has 5 heteroatoms. The van der Waals surface area contributed by atoms with Crippen molar-refractivity contribution in [3.8, 4) is 0 Å². The molecular formula is C22H27N3O2. The van der Waals surface area contributed by atoms with Gasteiger partial charge in [0.05, 0.1) is 11.0 Å². The van der Waals surface area contributed by atoms with E-state index in [4.69, 9.17) is 10.1 Å². The number of rotatable bonds is 8. The molecule has 3 rings (SSSR count). The first-order valence-corrected chi connectivity index (χ1v) is 9.46. The van der Waals surface area contributed by atoms with Crippen LogP contribution in [-0.4, -0.2) is 33.7 Å². The molecule has 142 valence electrons. The fraction of sp³-hybridized carbons (Fsp3) is 0.364. The average Bonchev–Trinajstić information content (AvgIpc) is 3.00. The van der Waals surface area contributed by atoms with Crippen LogP contribution in [0.25, 0.3) is 11.0 Å². The first-order valence-electron chi connectivity index (χ1n) is 9.46. The van der Waals surface area contributed by atoms with Crippen molar-refractivity contribution in [1.82, 2.24) is 14.9 Å². The predicted molar refractivity (Wildman–Crippen MR) is 108 cm³/mol. The molecule has 0 saturated carbocycles. The number of nitrogens with one attached hydrogen (secondary N) is 1. The minimum atomic E-state index is -0.0266. The molecule has 0 spiro atoms. The summed E-state index contributed by atoms with van der Waals surface area (Å²) in [7, 11) is 0. The van der Waals surface area contributed by atoms with E-state index in [1.165, 1.54) is 16.7 Å². The molecule has 3 aromatic rings. The number of hydrogen-bond acceptors (Lipinski definition) is 3. The van der Waals surface area contributed by atoms with Gasteiger partial charge in [0, 0.05) is 32.5 Å². The van der Waals surface area contributed by atoms with E-state index in [0.717, 1.165) is 23.4 Å². The standard InChI is InChI=1S/C22H27N3O2/c1-16-9-10-17(2)18(14-16)15-25-20-7-4-3-6-19(20)24-21(25)11-12-23-22(27)8-5-13-26/h3-4,6-7,9-10,14,26H,5,8,11-13,15H2,1-2H3,(H,23,27). The zero-order chi connectivity index (χ0) is 19.2. The van der Waals surface area contributed by atoms with Crippen molar-refractivity contribution in [2.24, 2.45) is 0 Å². The van der Waals surface area contributed by atoms with Gasteiger partial charge in [-0.25, -0.2) is 4.98 Å². The van der Waals surface area contributed by atoms with Gasteiger partial charge in [0.25, 0.3) is 0 Å². The maximum atomic E-state index is 11.8. The number of imidazole rings is 1. The van der Waals surface area contributed by atoms with Gasteiger partial charge in [-0.1, -0.05) is 35.9 Å². The largest absolute Gasteiger partial charge is 0.396 e. The predicted octanol–water partition coefficient (Wildman–Crippen LogP) is 3.13. The molecule has 0 fully saturated rings. The molecule has 1 heterocycles. The number of carbonyl (C=O) groups is 1. The molecule has 0 unspecified atom stereocenters. The SMILES string of the molecule is Cc1ccc(C)c(Cn2c(CCNC(=O)CCCO)nc3ccccc32)c1. The highest BCUT2D eigenvalue weighted by molar-refractivity contribution is 5.76. The summed E-state index contributed by atoms with van der Waals surface area (Å²) in [6, 6.07) is 14.7. The lowest BCUT2D eigenvalue weighted by Gasteiger charge is -2.13. The summed E-state index contributed by atoms with van der Waals surface area (Å²) in [5.41, 5.74) is 5.88. The van der Waals surface area contributed by atoms with E-state index in [2.05, 4.69) is 48.0 Å². The van der Waals surface area contributed by atoms with Gasteiger partial charge in [-0.05, 0) is 43.5 Å². The monoisotopic (exact) mass is 365 g/mol. The van der Waals surface area contributed by atoms with Crippen molar-refractivity contribution in [1.29, 1.82) is 0 Å². The van der Waals surface area contributed by atoms with Gasteiger partial charge >= 0.3 is 0 Å². The van der Waals surface area contributed by atoms with Crippen molar-refractivity contribution in [2.45, 2.75) is 39.7 Å². The Balaban J connectivity index is 1.81. The Kier molecular flexibility index (Phi) is 6.24. The maximum absolute atomic E-state index is 11.8. The third-order valence-corrected chi connectivity index (χ3v) is 4.80. The smallest absolute Gasteiger partial charge is 0.220 e. The van der Waals surface area contributed by atoms with Crippen LogP contribution >= 0.6 is 0 Å². The van der Waals surface area contributed by atoms with Crippen molar-refractivity contribution >= 4 is 16.9 Å². The highest BCUT2D eigenvalue weighted by atomic mass is 16.3. The zero-order valence-corrected chi connectivity index (χ0v) is 16.0. The van der Waals surface area contributed by atoms with Crippen molar-refractivity contribution in [3.63, 3.8) is 0 Å².